The second kappa shape index (κ2) is 6.68. The number of nitrogen functional groups attached to an aromatic ring is 1. The Hall–Kier alpha value is -2.89. The number of halogens is 5. The van der Waals surface area contributed by atoms with Gasteiger partial charge in [0.2, 0.25) is 0 Å². The van der Waals surface area contributed by atoms with Crippen LogP contribution in [-0.4, -0.2) is 12.1 Å². The van der Waals surface area contributed by atoms with Gasteiger partial charge in [0.15, 0.2) is 0 Å². The predicted octanol–water partition coefficient (Wildman–Crippen LogP) is 5.80. The van der Waals surface area contributed by atoms with Crippen molar-refractivity contribution in [2.75, 3.05) is 5.73 Å². The van der Waals surface area contributed by atoms with Crippen LogP contribution in [0.25, 0.3) is 0 Å². The molecule has 0 heterocycles. The molecule has 0 unspecified atom stereocenters. The summed E-state index contributed by atoms with van der Waals surface area (Å²) in [6.07, 6.45) is -5.80. The molecule has 3 rings (SSSR count). The molecule has 0 aliphatic heterocycles. The van der Waals surface area contributed by atoms with Crippen LogP contribution < -0.4 is 5.73 Å². The molecule has 1 nitrogen and oxygen atoms in total. The maximum atomic E-state index is 15.3. The molecule has 0 fully saturated rings. The Morgan fingerprint density at radius 2 is 0.963 bits per heavy atom. The molecule has 140 valence electrons. The largest absolute Gasteiger partial charge is 0.454 e. The lowest BCUT2D eigenvalue weighted by molar-refractivity contribution is -0.299. The summed E-state index contributed by atoms with van der Waals surface area (Å²) in [5.74, 6) is -5.13. The SMILES string of the molecule is Nc1ccccc1C(c1ccccc1)(c1ccccc1)C(F)(F)C(F)(F)F. The van der Waals surface area contributed by atoms with E-state index in [9.17, 15) is 13.2 Å². The lowest BCUT2D eigenvalue weighted by atomic mass is 9.64. The second-order valence-corrected chi connectivity index (χ2v) is 6.14. The minimum absolute atomic E-state index is 0.144. The first-order chi connectivity index (χ1) is 12.7. The van der Waals surface area contributed by atoms with Crippen molar-refractivity contribution in [2.45, 2.75) is 17.5 Å². The van der Waals surface area contributed by atoms with E-state index in [0.29, 0.717) is 0 Å². The molecule has 3 aromatic rings. The quantitative estimate of drug-likeness (QED) is 0.347. The maximum absolute atomic E-state index is 15.3. The third kappa shape index (κ3) is 2.85. The topological polar surface area (TPSA) is 26.0 Å². The number of hydrogen-bond donors (Lipinski definition) is 1. The Balaban J connectivity index is 2.53. The zero-order valence-corrected chi connectivity index (χ0v) is 14.1. The molecular weight excluding hydrogens is 361 g/mol. The van der Waals surface area contributed by atoms with Crippen molar-refractivity contribution in [1.29, 1.82) is 0 Å². The normalized spacial score (nSPS) is 12.8. The van der Waals surface area contributed by atoms with Gasteiger partial charge in [-0.3, -0.25) is 0 Å². The molecule has 0 saturated heterocycles. The van der Waals surface area contributed by atoms with E-state index in [1.54, 1.807) is 12.1 Å². The summed E-state index contributed by atoms with van der Waals surface area (Å²) in [7, 11) is 0. The predicted molar refractivity (Wildman–Crippen MR) is 94.6 cm³/mol. The highest BCUT2D eigenvalue weighted by Crippen LogP contribution is 2.57. The monoisotopic (exact) mass is 377 g/mol. The highest BCUT2D eigenvalue weighted by molar-refractivity contribution is 5.62. The molecule has 0 aliphatic rings. The summed E-state index contributed by atoms with van der Waals surface area (Å²) in [5.41, 5.74) is 2.25. The van der Waals surface area contributed by atoms with E-state index in [4.69, 9.17) is 5.73 Å². The smallest absolute Gasteiger partial charge is 0.398 e. The third-order valence-corrected chi connectivity index (χ3v) is 4.61. The first kappa shape index (κ1) is 18.9. The zero-order valence-electron chi connectivity index (χ0n) is 14.1. The lowest BCUT2D eigenvalue weighted by Gasteiger charge is -2.43. The van der Waals surface area contributed by atoms with E-state index in [1.807, 2.05) is 0 Å². The number of para-hydroxylation sites is 1. The van der Waals surface area contributed by atoms with Crippen molar-refractivity contribution in [1.82, 2.24) is 0 Å². The Morgan fingerprint density at radius 1 is 0.556 bits per heavy atom. The van der Waals surface area contributed by atoms with Crippen molar-refractivity contribution in [2.24, 2.45) is 0 Å². The highest BCUT2D eigenvalue weighted by atomic mass is 19.4. The Morgan fingerprint density at radius 3 is 1.37 bits per heavy atom. The molecule has 0 bridgehead atoms. The van der Waals surface area contributed by atoms with E-state index < -0.39 is 17.5 Å². The highest BCUT2D eigenvalue weighted by Gasteiger charge is 2.72. The molecule has 27 heavy (non-hydrogen) atoms. The molecule has 0 spiro atoms. The molecule has 0 amide bonds. The van der Waals surface area contributed by atoms with Gasteiger partial charge < -0.3 is 5.73 Å². The lowest BCUT2D eigenvalue weighted by Crippen LogP contribution is -2.56. The van der Waals surface area contributed by atoms with Gasteiger partial charge in [-0.1, -0.05) is 78.9 Å². The number of rotatable bonds is 4. The maximum Gasteiger partial charge on any atom is 0.454 e. The summed E-state index contributed by atoms with van der Waals surface area (Å²) in [5, 5.41) is 0. The fourth-order valence-electron chi connectivity index (χ4n) is 3.44. The van der Waals surface area contributed by atoms with Crippen LogP contribution in [0.15, 0.2) is 84.9 Å². The van der Waals surface area contributed by atoms with Crippen LogP contribution in [0.2, 0.25) is 0 Å². The summed E-state index contributed by atoms with van der Waals surface area (Å²) >= 11 is 0. The van der Waals surface area contributed by atoms with E-state index >= 15 is 8.78 Å². The van der Waals surface area contributed by atoms with Gasteiger partial charge in [0.05, 0.1) is 0 Å². The zero-order chi connectivity index (χ0) is 19.7. The third-order valence-electron chi connectivity index (χ3n) is 4.61. The first-order valence-electron chi connectivity index (χ1n) is 8.13. The summed E-state index contributed by atoms with van der Waals surface area (Å²) in [6.45, 7) is 0. The molecule has 0 aromatic heterocycles. The van der Waals surface area contributed by atoms with Crippen LogP contribution in [-0.2, 0) is 5.41 Å². The van der Waals surface area contributed by atoms with Gasteiger partial charge in [-0.05, 0) is 22.8 Å². The van der Waals surface area contributed by atoms with Crippen molar-refractivity contribution in [3.63, 3.8) is 0 Å². The summed E-state index contributed by atoms with van der Waals surface area (Å²) in [6, 6.07) is 19.3. The molecule has 2 N–H and O–H groups in total. The number of nitrogens with two attached hydrogens (primary N) is 1. The van der Waals surface area contributed by atoms with Crippen LogP contribution in [0.4, 0.5) is 27.6 Å². The molecule has 3 aromatic carbocycles. The summed E-state index contributed by atoms with van der Waals surface area (Å²) < 4.78 is 71.8. The van der Waals surface area contributed by atoms with Crippen molar-refractivity contribution in [3.8, 4) is 0 Å². The van der Waals surface area contributed by atoms with Crippen LogP contribution >= 0.6 is 0 Å². The van der Waals surface area contributed by atoms with Crippen molar-refractivity contribution < 1.29 is 22.0 Å². The van der Waals surface area contributed by atoms with Crippen LogP contribution in [0.5, 0.6) is 0 Å². The van der Waals surface area contributed by atoms with E-state index in [0.717, 1.165) is 0 Å². The second-order valence-electron chi connectivity index (χ2n) is 6.14. The van der Waals surface area contributed by atoms with Crippen LogP contribution in [0.1, 0.15) is 16.7 Å². The minimum Gasteiger partial charge on any atom is -0.398 e. The number of benzene rings is 3. The fraction of sp³-hybridized carbons (Fsp3) is 0.143. The Kier molecular flexibility index (Phi) is 4.68. The molecule has 0 saturated carbocycles. The average Bonchev–Trinajstić information content (AvgIpc) is 2.64. The van der Waals surface area contributed by atoms with Crippen molar-refractivity contribution in [3.05, 3.63) is 102 Å². The van der Waals surface area contributed by atoms with Crippen molar-refractivity contribution >= 4 is 5.69 Å². The molecular formula is C21H16F5N. The molecule has 0 radical (unpaired) electrons. The molecule has 0 atom stereocenters. The number of alkyl halides is 5. The number of hydrogen-bond acceptors (Lipinski definition) is 1. The van der Waals surface area contributed by atoms with Gasteiger partial charge in [-0.25, -0.2) is 0 Å². The van der Waals surface area contributed by atoms with E-state index in [-0.39, 0.29) is 22.4 Å². The van der Waals surface area contributed by atoms with Gasteiger partial charge in [-0.2, -0.15) is 22.0 Å². The van der Waals surface area contributed by atoms with Crippen LogP contribution in [0, 0.1) is 0 Å². The van der Waals surface area contributed by atoms with E-state index in [2.05, 4.69) is 0 Å². The Bertz CT molecular complexity index is 865. The average molecular weight is 377 g/mol. The van der Waals surface area contributed by atoms with Gasteiger partial charge >= 0.3 is 12.1 Å². The van der Waals surface area contributed by atoms with Gasteiger partial charge in [0.25, 0.3) is 0 Å². The molecule has 0 aliphatic carbocycles. The fourth-order valence-corrected chi connectivity index (χ4v) is 3.44. The van der Waals surface area contributed by atoms with Crippen LogP contribution in [0.3, 0.4) is 0 Å². The van der Waals surface area contributed by atoms with E-state index in [1.165, 1.54) is 72.8 Å². The van der Waals surface area contributed by atoms with Gasteiger partial charge in [-0.15, -0.1) is 0 Å². The van der Waals surface area contributed by atoms with Gasteiger partial charge in [0, 0.05) is 5.69 Å². The molecule has 6 heteroatoms. The Labute approximate surface area is 153 Å². The summed E-state index contributed by atoms with van der Waals surface area (Å²) in [4.78, 5) is 0. The van der Waals surface area contributed by atoms with Gasteiger partial charge in [0.1, 0.15) is 5.41 Å². The number of anilines is 1. The minimum atomic E-state index is -5.80. The standard InChI is InChI=1S/C21H16F5N/c22-20(23,21(24,25)26)19(15-9-3-1-4-10-15,16-11-5-2-6-12-16)17-13-7-8-14-18(17)27/h1-14H,27H2. The first-order valence-corrected chi connectivity index (χ1v) is 8.13.